The summed E-state index contributed by atoms with van der Waals surface area (Å²) in [4.78, 5) is 27.5. The average Bonchev–Trinajstić information content (AvgIpc) is 2.12. The van der Waals surface area contributed by atoms with Crippen molar-refractivity contribution >= 4 is 17.4 Å². The monoisotopic (exact) mass is 197 g/mol. The molecule has 76 valence electrons. The van der Waals surface area contributed by atoms with Gasteiger partial charge in [0.15, 0.2) is 5.82 Å². The Bertz CT molecular complexity index is 386. The van der Waals surface area contributed by atoms with Gasteiger partial charge in [0.1, 0.15) is 5.69 Å². The van der Waals surface area contributed by atoms with Crippen LogP contribution in [0.5, 0.6) is 0 Å². The highest BCUT2D eigenvalue weighted by molar-refractivity contribution is 5.74. The van der Waals surface area contributed by atoms with Crippen LogP contribution in [0.3, 0.4) is 0 Å². The van der Waals surface area contributed by atoms with Gasteiger partial charge >= 0.3 is 0 Å². The van der Waals surface area contributed by atoms with E-state index in [0.717, 1.165) is 0 Å². The van der Waals surface area contributed by atoms with E-state index in [1.54, 1.807) is 0 Å². The maximum Gasteiger partial charge on any atom is 0.276 e. The summed E-state index contributed by atoms with van der Waals surface area (Å²) in [5, 5.41) is 2.73. The lowest BCUT2D eigenvalue weighted by molar-refractivity contribution is -0.117. The number of hydrogen-bond acceptors (Lipinski definition) is 5. The largest absolute Gasteiger partial charge is 0.391 e. The van der Waals surface area contributed by atoms with Gasteiger partial charge in [-0.1, -0.05) is 0 Å². The molecular formula is C7H11N5O2. The maximum absolute atomic E-state index is 11.0. The van der Waals surface area contributed by atoms with E-state index in [4.69, 9.17) is 11.5 Å². The quantitative estimate of drug-likeness (QED) is 0.474. The van der Waals surface area contributed by atoms with Crippen LogP contribution in [0.15, 0.2) is 11.1 Å². The number of nitrogen functional groups attached to an aromatic ring is 1. The van der Waals surface area contributed by atoms with Crippen LogP contribution in [0.1, 0.15) is 6.42 Å². The van der Waals surface area contributed by atoms with Crippen LogP contribution in [0.2, 0.25) is 0 Å². The van der Waals surface area contributed by atoms with Gasteiger partial charge in [0.25, 0.3) is 5.56 Å². The van der Waals surface area contributed by atoms with Gasteiger partial charge in [-0.2, -0.15) is 0 Å². The summed E-state index contributed by atoms with van der Waals surface area (Å²) in [5.41, 5.74) is 9.92. The van der Waals surface area contributed by atoms with E-state index in [0.29, 0.717) is 6.54 Å². The number of nitrogens with zero attached hydrogens (tertiary/aromatic N) is 1. The molecule has 0 spiro atoms. The summed E-state index contributed by atoms with van der Waals surface area (Å²) < 4.78 is 0. The molecule has 0 aliphatic rings. The van der Waals surface area contributed by atoms with Crippen molar-refractivity contribution in [1.82, 2.24) is 9.97 Å². The van der Waals surface area contributed by atoms with Crippen LogP contribution in [0.4, 0.5) is 11.5 Å². The molecule has 7 heteroatoms. The first-order valence-electron chi connectivity index (χ1n) is 3.96. The van der Waals surface area contributed by atoms with Gasteiger partial charge < -0.3 is 21.8 Å². The number of rotatable bonds is 4. The number of amides is 1. The van der Waals surface area contributed by atoms with Crippen molar-refractivity contribution in [3.63, 3.8) is 0 Å². The minimum atomic E-state index is -0.430. The second kappa shape index (κ2) is 4.26. The van der Waals surface area contributed by atoms with Crippen molar-refractivity contribution in [2.45, 2.75) is 6.42 Å². The highest BCUT2D eigenvalue weighted by Gasteiger charge is 2.03. The van der Waals surface area contributed by atoms with Crippen LogP contribution in [0, 0.1) is 0 Å². The molecule has 1 aromatic rings. The zero-order chi connectivity index (χ0) is 10.6. The van der Waals surface area contributed by atoms with Crippen molar-refractivity contribution in [2.75, 3.05) is 17.6 Å². The predicted molar refractivity (Wildman–Crippen MR) is 51.6 cm³/mol. The molecule has 7 nitrogen and oxygen atoms in total. The normalized spacial score (nSPS) is 9.71. The van der Waals surface area contributed by atoms with Crippen molar-refractivity contribution in [3.05, 3.63) is 16.7 Å². The van der Waals surface area contributed by atoms with Crippen LogP contribution < -0.4 is 22.3 Å². The Balaban J connectivity index is 2.63. The van der Waals surface area contributed by atoms with Crippen LogP contribution in [-0.4, -0.2) is 22.4 Å². The summed E-state index contributed by atoms with van der Waals surface area (Å²) in [7, 11) is 0. The average molecular weight is 197 g/mol. The Hall–Kier alpha value is -2.05. The van der Waals surface area contributed by atoms with Gasteiger partial charge in [0.2, 0.25) is 5.91 Å². The lowest BCUT2D eigenvalue weighted by atomic mass is 10.4. The third-order valence-electron chi connectivity index (χ3n) is 1.55. The molecule has 0 bridgehead atoms. The molecule has 6 N–H and O–H groups in total. The molecule has 14 heavy (non-hydrogen) atoms. The van der Waals surface area contributed by atoms with Crippen LogP contribution >= 0.6 is 0 Å². The third kappa shape index (κ3) is 2.47. The van der Waals surface area contributed by atoms with Crippen molar-refractivity contribution in [2.24, 2.45) is 5.73 Å². The van der Waals surface area contributed by atoms with Crippen molar-refractivity contribution in [1.29, 1.82) is 0 Å². The van der Waals surface area contributed by atoms with Gasteiger partial charge in [-0.05, 0) is 0 Å². The van der Waals surface area contributed by atoms with Gasteiger partial charge in [0.05, 0.1) is 6.33 Å². The summed E-state index contributed by atoms with van der Waals surface area (Å²) in [6.45, 7) is 0.302. The van der Waals surface area contributed by atoms with Gasteiger partial charge in [0, 0.05) is 13.0 Å². The highest BCUT2D eigenvalue weighted by atomic mass is 16.1. The van der Waals surface area contributed by atoms with Crippen LogP contribution in [-0.2, 0) is 4.79 Å². The standard InChI is InChI=1S/C7H11N5O2/c8-4(13)1-2-10-6-5(9)7(14)12-3-11-6/h3H,1-2,9H2,(H2,8,13)(H2,10,11,12,14). The molecule has 0 aliphatic carbocycles. The van der Waals surface area contributed by atoms with E-state index in [-0.39, 0.29) is 17.9 Å². The Morgan fingerprint density at radius 3 is 3.00 bits per heavy atom. The molecule has 0 aliphatic heterocycles. The molecule has 0 fully saturated rings. The lowest BCUT2D eigenvalue weighted by Gasteiger charge is -2.04. The Morgan fingerprint density at radius 2 is 2.36 bits per heavy atom. The Labute approximate surface area is 79.5 Å². The first-order chi connectivity index (χ1) is 6.61. The molecule has 0 aromatic carbocycles. The molecule has 1 amide bonds. The van der Waals surface area contributed by atoms with E-state index in [2.05, 4.69) is 15.3 Å². The smallest absolute Gasteiger partial charge is 0.276 e. The number of hydrogen-bond donors (Lipinski definition) is 4. The second-order valence-corrected chi connectivity index (χ2v) is 2.64. The van der Waals surface area contributed by atoms with Gasteiger partial charge in [-0.25, -0.2) is 4.98 Å². The van der Waals surface area contributed by atoms with E-state index < -0.39 is 11.5 Å². The van der Waals surface area contributed by atoms with E-state index >= 15 is 0 Å². The maximum atomic E-state index is 11.0. The Morgan fingerprint density at radius 1 is 1.64 bits per heavy atom. The predicted octanol–water partition coefficient (Wildman–Crippen LogP) is -1.36. The zero-order valence-corrected chi connectivity index (χ0v) is 7.41. The molecule has 1 rings (SSSR count). The van der Waals surface area contributed by atoms with Crippen LogP contribution in [0.25, 0.3) is 0 Å². The molecule has 1 aromatic heterocycles. The fourth-order valence-corrected chi connectivity index (χ4v) is 0.855. The molecule has 1 heterocycles. The fraction of sp³-hybridized carbons (Fsp3) is 0.286. The van der Waals surface area contributed by atoms with Crippen molar-refractivity contribution in [3.8, 4) is 0 Å². The summed E-state index contributed by atoms with van der Waals surface area (Å²) in [6.07, 6.45) is 1.39. The Kier molecular flexibility index (Phi) is 3.05. The molecule has 0 saturated heterocycles. The number of nitrogens with one attached hydrogen (secondary N) is 2. The number of carbonyl (C=O) groups excluding carboxylic acids is 1. The minimum absolute atomic E-state index is 0.00281. The number of carbonyl (C=O) groups is 1. The molecule has 0 atom stereocenters. The van der Waals surface area contributed by atoms with E-state index in [1.807, 2.05) is 0 Å². The molecule has 0 unspecified atom stereocenters. The van der Waals surface area contributed by atoms with Gasteiger partial charge in [-0.3, -0.25) is 9.59 Å². The summed E-state index contributed by atoms with van der Waals surface area (Å²) in [5.74, 6) is -0.170. The first-order valence-corrected chi connectivity index (χ1v) is 3.96. The van der Waals surface area contributed by atoms with E-state index in [9.17, 15) is 9.59 Å². The topological polar surface area (TPSA) is 127 Å². The van der Waals surface area contributed by atoms with Crippen molar-refractivity contribution < 1.29 is 4.79 Å². The fourth-order valence-electron chi connectivity index (χ4n) is 0.855. The molecular weight excluding hydrogens is 186 g/mol. The summed E-state index contributed by atoms with van der Waals surface area (Å²) >= 11 is 0. The number of primary amides is 1. The highest BCUT2D eigenvalue weighted by Crippen LogP contribution is 2.06. The number of aromatic amines is 1. The number of nitrogens with two attached hydrogens (primary N) is 2. The lowest BCUT2D eigenvalue weighted by Crippen LogP contribution is -2.19. The third-order valence-corrected chi connectivity index (χ3v) is 1.55. The minimum Gasteiger partial charge on any atom is -0.391 e. The summed E-state index contributed by atoms with van der Waals surface area (Å²) in [6, 6.07) is 0. The zero-order valence-electron chi connectivity index (χ0n) is 7.41. The first kappa shape index (κ1) is 10.0. The molecule has 0 radical (unpaired) electrons. The number of H-pyrrole nitrogens is 1. The SMILES string of the molecule is NC(=O)CCNc1nc[nH]c(=O)c1N. The second-order valence-electron chi connectivity index (χ2n) is 2.64. The van der Waals surface area contributed by atoms with E-state index in [1.165, 1.54) is 6.33 Å². The number of aromatic nitrogens is 2. The molecule has 0 saturated carbocycles. The van der Waals surface area contributed by atoms with Gasteiger partial charge in [-0.15, -0.1) is 0 Å². The number of anilines is 2.